The Labute approximate surface area is 111 Å². The third kappa shape index (κ3) is 3.17. The number of halogens is 1. The van der Waals surface area contributed by atoms with Crippen molar-refractivity contribution in [3.05, 3.63) is 23.2 Å². The minimum atomic E-state index is -0.255. The Bertz CT molecular complexity index is 420. The fourth-order valence-electron chi connectivity index (χ4n) is 2.22. The highest BCUT2D eigenvalue weighted by molar-refractivity contribution is 6.33. The zero-order valence-electron chi connectivity index (χ0n) is 9.97. The average Bonchev–Trinajstić information content (AvgIpc) is 2.40. The molecule has 1 amide bonds. The molecule has 0 bridgehead atoms. The lowest BCUT2D eigenvalue weighted by Gasteiger charge is -2.27. The van der Waals surface area contributed by atoms with Gasteiger partial charge in [0.1, 0.15) is 12.0 Å². The van der Waals surface area contributed by atoms with Gasteiger partial charge in [-0.3, -0.25) is 4.79 Å². The van der Waals surface area contributed by atoms with Crippen LogP contribution in [0.25, 0.3) is 0 Å². The van der Waals surface area contributed by atoms with Crippen molar-refractivity contribution in [3.63, 3.8) is 0 Å². The molecule has 2 N–H and O–H groups in total. The van der Waals surface area contributed by atoms with Gasteiger partial charge in [0.2, 0.25) is 0 Å². The predicted molar refractivity (Wildman–Crippen MR) is 67.3 cm³/mol. The molecule has 1 saturated carbocycles. The van der Waals surface area contributed by atoms with Crippen LogP contribution in [0.2, 0.25) is 5.02 Å². The van der Waals surface area contributed by atoms with Gasteiger partial charge in [0.15, 0.2) is 0 Å². The standard InChI is InChI=1S/C12H16ClN3O2/c13-10-5-14-7-15-11(10)12(18)16-9-3-1-8(6-17)2-4-9/h5,7-9,17H,1-4,6H2,(H,16,18). The van der Waals surface area contributed by atoms with Crippen LogP contribution in [-0.4, -0.2) is 33.6 Å². The molecule has 1 aromatic rings. The van der Waals surface area contributed by atoms with E-state index in [9.17, 15) is 4.79 Å². The lowest BCUT2D eigenvalue weighted by molar-refractivity contribution is 0.0909. The number of carbonyl (C=O) groups excluding carboxylic acids is 1. The summed E-state index contributed by atoms with van der Waals surface area (Å²) in [6.45, 7) is 0.235. The van der Waals surface area contributed by atoms with E-state index in [4.69, 9.17) is 16.7 Å². The molecular formula is C12H16ClN3O2. The summed E-state index contributed by atoms with van der Waals surface area (Å²) in [7, 11) is 0. The third-order valence-electron chi connectivity index (χ3n) is 3.32. The quantitative estimate of drug-likeness (QED) is 0.870. The van der Waals surface area contributed by atoms with E-state index in [0.717, 1.165) is 25.7 Å². The van der Waals surface area contributed by atoms with Crippen LogP contribution in [0.1, 0.15) is 36.2 Å². The minimum Gasteiger partial charge on any atom is -0.396 e. The molecule has 0 aromatic carbocycles. The van der Waals surface area contributed by atoms with Gasteiger partial charge < -0.3 is 10.4 Å². The number of nitrogens with zero attached hydrogens (tertiary/aromatic N) is 2. The van der Waals surface area contributed by atoms with Crippen LogP contribution in [0, 0.1) is 5.92 Å². The van der Waals surface area contributed by atoms with Crippen molar-refractivity contribution in [2.24, 2.45) is 5.92 Å². The van der Waals surface area contributed by atoms with Crippen molar-refractivity contribution >= 4 is 17.5 Å². The predicted octanol–water partition coefficient (Wildman–Crippen LogP) is 1.41. The molecule has 18 heavy (non-hydrogen) atoms. The molecule has 6 heteroatoms. The van der Waals surface area contributed by atoms with Gasteiger partial charge >= 0.3 is 0 Å². The van der Waals surface area contributed by atoms with Gasteiger partial charge in [-0.25, -0.2) is 9.97 Å². The van der Waals surface area contributed by atoms with Gasteiger partial charge in [-0.05, 0) is 31.6 Å². The lowest BCUT2D eigenvalue weighted by atomic mass is 9.86. The summed E-state index contributed by atoms with van der Waals surface area (Å²) in [6, 6.07) is 0.145. The first-order valence-corrected chi connectivity index (χ1v) is 6.45. The van der Waals surface area contributed by atoms with Gasteiger partial charge in [-0.1, -0.05) is 11.6 Å². The van der Waals surface area contributed by atoms with Gasteiger partial charge in [-0.2, -0.15) is 0 Å². The SMILES string of the molecule is O=C(NC1CCC(CO)CC1)c1ncncc1Cl. The first-order chi connectivity index (χ1) is 8.70. The number of rotatable bonds is 3. The van der Waals surface area contributed by atoms with Crippen molar-refractivity contribution in [3.8, 4) is 0 Å². The van der Waals surface area contributed by atoms with Crippen LogP contribution in [0.3, 0.4) is 0 Å². The third-order valence-corrected chi connectivity index (χ3v) is 3.60. The van der Waals surface area contributed by atoms with E-state index in [1.807, 2.05) is 0 Å². The molecule has 1 aromatic heterocycles. The highest BCUT2D eigenvalue weighted by Gasteiger charge is 2.23. The van der Waals surface area contributed by atoms with E-state index in [1.165, 1.54) is 12.5 Å². The fraction of sp³-hybridized carbons (Fsp3) is 0.583. The van der Waals surface area contributed by atoms with E-state index in [2.05, 4.69) is 15.3 Å². The molecule has 1 heterocycles. The number of hydrogen-bond acceptors (Lipinski definition) is 4. The van der Waals surface area contributed by atoms with Crippen LogP contribution in [0.5, 0.6) is 0 Å². The fourth-order valence-corrected chi connectivity index (χ4v) is 2.41. The van der Waals surface area contributed by atoms with Crippen molar-refractivity contribution in [1.29, 1.82) is 0 Å². The number of nitrogens with one attached hydrogen (secondary N) is 1. The Morgan fingerprint density at radius 1 is 1.44 bits per heavy atom. The van der Waals surface area contributed by atoms with Crippen molar-refractivity contribution < 1.29 is 9.90 Å². The first kappa shape index (κ1) is 13.2. The second kappa shape index (κ2) is 6.11. The van der Waals surface area contributed by atoms with Crippen LogP contribution in [0.15, 0.2) is 12.5 Å². The minimum absolute atomic E-state index is 0.145. The zero-order chi connectivity index (χ0) is 13.0. The van der Waals surface area contributed by atoms with E-state index >= 15 is 0 Å². The smallest absolute Gasteiger partial charge is 0.271 e. The Morgan fingerprint density at radius 2 is 2.17 bits per heavy atom. The topological polar surface area (TPSA) is 75.1 Å². The highest BCUT2D eigenvalue weighted by Crippen LogP contribution is 2.24. The molecule has 0 saturated heterocycles. The summed E-state index contributed by atoms with van der Waals surface area (Å²) < 4.78 is 0. The summed E-state index contributed by atoms with van der Waals surface area (Å²) in [6.07, 6.45) is 6.38. The van der Waals surface area contributed by atoms with Crippen LogP contribution >= 0.6 is 11.6 Å². The number of aliphatic hydroxyl groups is 1. The molecule has 98 valence electrons. The summed E-state index contributed by atoms with van der Waals surface area (Å²) in [5.74, 6) is 0.121. The van der Waals surface area contributed by atoms with E-state index in [-0.39, 0.29) is 29.3 Å². The average molecular weight is 270 g/mol. The van der Waals surface area contributed by atoms with Crippen molar-refractivity contribution in [1.82, 2.24) is 15.3 Å². The molecule has 2 rings (SSSR count). The molecule has 1 aliphatic carbocycles. The zero-order valence-corrected chi connectivity index (χ0v) is 10.7. The van der Waals surface area contributed by atoms with Gasteiger partial charge in [0.25, 0.3) is 5.91 Å². The molecule has 1 aliphatic rings. The van der Waals surface area contributed by atoms with Crippen LogP contribution in [0.4, 0.5) is 0 Å². The van der Waals surface area contributed by atoms with Crippen LogP contribution < -0.4 is 5.32 Å². The van der Waals surface area contributed by atoms with Gasteiger partial charge in [0.05, 0.1) is 5.02 Å². The monoisotopic (exact) mass is 269 g/mol. The Morgan fingerprint density at radius 3 is 2.78 bits per heavy atom. The summed E-state index contributed by atoms with van der Waals surface area (Å²) in [4.78, 5) is 19.6. The first-order valence-electron chi connectivity index (χ1n) is 6.08. The van der Waals surface area contributed by atoms with Gasteiger partial charge in [0, 0.05) is 18.8 Å². The number of hydrogen-bond donors (Lipinski definition) is 2. The normalized spacial score (nSPS) is 23.7. The van der Waals surface area contributed by atoms with E-state index in [1.54, 1.807) is 0 Å². The Balaban J connectivity index is 1.91. The molecule has 0 spiro atoms. The number of amides is 1. The molecule has 1 fully saturated rings. The molecule has 0 unspecified atom stereocenters. The lowest BCUT2D eigenvalue weighted by Crippen LogP contribution is -2.38. The van der Waals surface area contributed by atoms with Gasteiger partial charge in [-0.15, -0.1) is 0 Å². The summed E-state index contributed by atoms with van der Waals surface area (Å²) >= 11 is 5.86. The summed E-state index contributed by atoms with van der Waals surface area (Å²) in [5, 5.41) is 12.2. The maximum atomic E-state index is 11.9. The number of carbonyl (C=O) groups is 1. The number of aliphatic hydroxyl groups excluding tert-OH is 1. The Hall–Kier alpha value is -1.20. The van der Waals surface area contributed by atoms with Crippen molar-refractivity contribution in [2.75, 3.05) is 6.61 Å². The molecular weight excluding hydrogens is 254 g/mol. The summed E-state index contributed by atoms with van der Waals surface area (Å²) in [5.41, 5.74) is 0.218. The molecule has 5 nitrogen and oxygen atoms in total. The van der Waals surface area contributed by atoms with Crippen molar-refractivity contribution in [2.45, 2.75) is 31.7 Å². The molecule has 0 aliphatic heterocycles. The maximum absolute atomic E-state index is 11.9. The Kier molecular flexibility index (Phi) is 4.49. The molecule has 0 atom stereocenters. The highest BCUT2D eigenvalue weighted by atomic mass is 35.5. The second-order valence-electron chi connectivity index (χ2n) is 4.59. The van der Waals surface area contributed by atoms with E-state index < -0.39 is 0 Å². The molecule has 0 radical (unpaired) electrons. The van der Waals surface area contributed by atoms with E-state index in [0.29, 0.717) is 5.92 Å². The number of aromatic nitrogens is 2. The largest absolute Gasteiger partial charge is 0.396 e. The maximum Gasteiger partial charge on any atom is 0.271 e. The second-order valence-corrected chi connectivity index (χ2v) is 5.00. The van der Waals surface area contributed by atoms with Crippen LogP contribution in [-0.2, 0) is 0 Å².